The first-order valence-electron chi connectivity index (χ1n) is 9.47. The van der Waals surface area contributed by atoms with Crippen LogP contribution >= 0.6 is 11.3 Å². The third kappa shape index (κ3) is 3.32. The normalized spacial score (nSPS) is 13.8. The van der Waals surface area contributed by atoms with Gasteiger partial charge in [-0.1, -0.05) is 42.5 Å². The van der Waals surface area contributed by atoms with Crippen LogP contribution in [0.15, 0.2) is 84.5 Å². The summed E-state index contributed by atoms with van der Waals surface area (Å²) in [5, 5.41) is 9.59. The average Bonchev–Trinajstić information content (AvgIpc) is 3.47. The highest BCUT2D eigenvalue weighted by molar-refractivity contribution is 7.10. The zero-order valence-electron chi connectivity index (χ0n) is 15.6. The molecule has 1 amide bonds. The van der Waals surface area contributed by atoms with Gasteiger partial charge in [0.15, 0.2) is 0 Å². The molecule has 1 aliphatic rings. The molecule has 3 heterocycles. The van der Waals surface area contributed by atoms with E-state index in [2.05, 4.69) is 16.5 Å². The molecule has 0 saturated heterocycles. The fraction of sp³-hybridized carbons (Fsp3) is 0.130. The summed E-state index contributed by atoms with van der Waals surface area (Å²) in [4.78, 5) is 14.5. The topological polar surface area (TPSA) is 56.2 Å². The van der Waals surface area contributed by atoms with Crippen LogP contribution in [0, 0.1) is 0 Å². The van der Waals surface area contributed by atoms with Crippen molar-refractivity contribution in [3.8, 4) is 11.5 Å². The third-order valence-electron chi connectivity index (χ3n) is 5.13. The molecule has 4 aromatic rings. The number of nitrogens with zero attached hydrogens (tertiary/aromatic N) is 2. The highest BCUT2D eigenvalue weighted by Gasteiger charge is 2.32. The van der Waals surface area contributed by atoms with Crippen molar-refractivity contribution in [1.82, 2.24) is 15.1 Å². The first kappa shape index (κ1) is 17.7. The number of hydrogen-bond donors (Lipinski definition) is 1. The van der Waals surface area contributed by atoms with E-state index < -0.39 is 5.92 Å². The second-order valence-corrected chi connectivity index (χ2v) is 7.85. The van der Waals surface area contributed by atoms with E-state index in [1.165, 1.54) is 0 Å². The molecule has 1 N–H and O–H groups in total. The number of rotatable bonds is 5. The van der Waals surface area contributed by atoms with Crippen molar-refractivity contribution in [3.05, 3.63) is 101 Å². The highest BCUT2D eigenvalue weighted by atomic mass is 32.1. The molecule has 6 heteroatoms. The largest absolute Gasteiger partial charge is 0.457 e. The Kier molecular flexibility index (Phi) is 4.62. The zero-order chi connectivity index (χ0) is 19.6. The lowest BCUT2D eigenvalue weighted by molar-refractivity contribution is -0.121. The number of benzene rings is 2. The first-order valence-corrected chi connectivity index (χ1v) is 10.3. The van der Waals surface area contributed by atoms with E-state index in [1.807, 2.05) is 76.9 Å². The minimum Gasteiger partial charge on any atom is -0.457 e. The van der Waals surface area contributed by atoms with Crippen LogP contribution in [0.5, 0.6) is 11.5 Å². The van der Waals surface area contributed by atoms with Crippen LogP contribution in [0.25, 0.3) is 0 Å². The molecule has 1 unspecified atom stereocenters. The molecule has 0 fully saturated rings. The number of carbonyl (C=O) groups excluding carboxylic acids is 1. The second kappa shape index (κ2) is 7.56. The predicted octanol–water partition coefficient (Wildman–Crippen LogP) is 4.59. The van der Waals surface area contributed by atoms with Crippen molar-refractivity contribution in [3.63, 3.8) is 0 Å². The number of hydrogen-bond acceptors (Lipinski definition) is 4. The third-order valence-corrected chi connectivity index (χ3v) is 6.10. The van der Waals surface area contributed by atoms with E-state index in [0.717, 1.165) is 27.5 Å². The first-order chi connectivity index (χ1) is 14.3. The van der Waals surface area contributed by atoms with Crippen LogP contribution in [0.3, 0.4) is 0 Å². The summed E-state index contributed by atoms with van der Waals surface area (Å²) in [6.07, 6.45) is 3.68. The van der Waals surface area contributed by atoms with E-state index >= 15 is 0 Å². The van der Waals surface area contributed by atoms with Gasteiger partial charge in [-0.25, -0.2) is 0 Å². The fourth-order valence-electron chi connectivity index (χ4n) is 3.76. The molecular weight excluding hydrogens is 382 g/mol. The van der Waals surface area contributed by atoms with E-state index in [4.69, 9.17) is 4.74 Å². The van der Waals surface area contributed by atoms with Crippen LogP contribution in [0.2, 0.25) is 0 Å². The zero-order valence-corrected chi connectivity index (χ0v) is 16.4. The van der Waals surface area contributed by atoms with E-state index in [-0.39, 0.29) is 11.9 Å². The molecule has 0 aliphatic carbocycles. The van der Waals surface area contributed by atoms with Crippen molar-refractivity contribution in [1.29, 1.82) is 0 Å². The van der Waals surface area contributed by atoms with Crippen LogP contribution in [0.4, 0.5) is 0 Å². The molecule has 1 atom stereocenters. The van der Waals surface area contributed by atoms with Gasteiger partial charge in [0, 0.05) is 34.9 Å². The van der Waals surface area contributed by atoms with E-state index in [9.17, 15) is 4.79 Å². The van der Waals surface area contributed by atoms with Crippen molar-refractivity contribution < 1.29 is 9.53 Å². The Morgan fingerprint density at radius 3 is 2.38 bits per heavy atom. The van der Waals surface area contributed by atoms with Gasteiger partial charge in [0.25, 0.3) is 0 Å². The number of nitrogens with one attached hydrogen (secondary N) is 1. The SMILES string of the molecule is O=C(NCC(c1cccs1)n1cccn1)C1c2ccccc2Oc2ccccc21. The Morgan fingerprint density at radius 2 is 1.76 bits per heavy atom. The molecular formula is C23H19N3O2S. The van der Waals surface area contributed by atoms with Gasteiger partial charge in [-0.05, 0) is 29.6 Å². The van der Waals surface area contributed by atoms with Gasteiger partial charge in [-0.15, -0.1) is 11.3 Å². The predicted molar refractivity (Wildman–Crippen MR) is 112 cm³/mol. The minimum atomic E-state index is -0.405. The number of fused-ring (bicyclic) bond motifs is 2. The molecule has 29 heavy (non-hydrogen) atoms. The molecule has 2 aromatic carbocycles. The minimum absolute atomic E-state index is 0.0399. The Bertz CT molecular complexity index is 1040. The van der Waals surface area contributed by atoms with Crippen molar-refractivity contribution in [2.75, 3.05) is 6.54 Å². The van der Waals surface area contributed by atoms with Gasteiger partial charge in [0.05, 0.1) is 5.92 Å². The number of amides is 1. The lowest BCUT2D eigenvalue weighted by Crippen LogP contribution is -2.36. The Labute approximate surface area is 172 Å². The lowest BCUT2D eigenvalue weighted by Gasteiger charge is -2.28. The molecule has 5 rings (SSSR count). The summed E-state index contributed by atoms with van der Waals surface area (Å²) in [5.74, 6) is 1.01. The van der Waals surface area contributed by atoms with Crippen LogP contribution in [0.1, 0.15) is 28.0 Å². The molecule has 2 aromatic heterocycles. The van der Waals surface area contributed by atoms with Gasteiger partial charge in [0.2, 0.25) is 5.91 Å². The summed E-state index contributed by atoms with van der Waals surface area (Å²) in [5.41, 5.74) is 1.77. The Morgan fingerprint density at radius 1 is 1.03 bits per heavy atom. The molecule has 144 valence electrons. The van der Waals surface area contributed by atoms with Crippen LogP contribution in [-0.4, -0.2) is 22.2 Å². The van der Waals surface area contributed by atoms with Gasteiger partial charge < -0.3 is 10.1 Å². The lowest BCUT2D eigenvalue weighted by atomic mass is 9.87. The van der Waals surface area contributed by atoms with Gasteiger partial charge >= 0.3 is 0 Å². The van der Waals surface area contributed by atoms with Crippen molar-refractivity contribution in [2.45, 2.75) is 12.0 Å². The standard InChI is InChI=1S/C23H19N3O2S/c27-23(24-15-18(21-11-5-14-29-21)26-13-6-12-25-26)22-16-7-1-3-9-19(16)28-20-10-4-2-8-17(20)22/h1-14,18,22H,15H2,(H,24,27). The summed E-state index contributed by atoms with van der Waals surface area (Å²) in [6.45, 7) is 0.461. The molecule has 5 nitrogen and oxygen atoms in total. The fourth-order valence-corrected chi connectivity index (χ4v) is 4.58. The van der Waals surface area contributed by atoms with Gasteiger partial charge in [0.1, 0.15) is 17.5 Å². The van der Waals surface area contributed by atoms with E-state index in [0.29, 0.717) is 6.54 Å². The highest BCUT2D eigenvalue weighted by Crippen LogP contribution is 2.43. The van der Waals surface area contributed by atoms with Crippen LogP contribution < -0.4 is 10.1 Å². The number of thiophene rings is 1. The van der Waals surface area contributed by atoms with Crippen LogP contribution in [-0.2, 0) is 4.79 Å². The number of para-hydroxylation sites is 2. The maximum atomic E-state index is 13.4. The summed E-state index contributed by atoms with van der Waals surface area (Å²) >= 11 is 1.66. The monoisotopic (exact) mass is 401 g/mol. The Balaban J connectivity index is 1.44. The molecule has 0 spiro atoms. The Hall–Kier alpha value is -3.38. The van der Waals surface area contributed by atoms with E-state index in [1.54, 1.807) is 17.5 Å². The smallest absolute Gasteiger partial charge is 0.232 e. The number of ether oxygens (including phenoxy) is 1. The molecule has 1 aliphatic heterocycles. The maximum absolute atomic E-state index is 13.4. The summed E-state index contributed by atoms with van der Waals surface area (Å²) in [7, 11) is 0. The summed E-state index contributed by atoms with van der Waals surface area (Å²) in [6, 6.07) is 21.4. The molecule has 0 radical (unpaired) electrons. The maximum Gasteiger partial charge on any atom is 0.232 e. The number of aromatic nitrogens is 2. The summed E-state index contributed by atoms with van der Waals surface area (Å²) < 4.78 is 7.90. The van der Waals surface area contributed by atoms with Gasteiger partial charge in [-0.2, -0.15) is 5.10 Å². The van der Waals surface area contributed by atoms with Gasteiger partial charge in [-0.3, -0.25) is 9.48 Å². The molecule has 0 saturated carbocycles. The average molecular weight is 401 g/mol. The molecule has 0 bridgehead atoms. The second-order valence-electron chi connectivity index (χ2n) is 6.87. The number of carbonyl (C=O) groups is 1. The van der Waals surface area contributed by atoms with Crippen molar-refractivity contribution in [2.24, 2.45) is 0 Å². The van der Waals surface area contributed by atoms with Crippen molar-refractivity contribution >= 4 is 17.2 Å². The quantitative estimate of drug-likeness (QED) is 0.532.